The Labute approximate surface area is 131 Å². The fourth-order valence-corrected chi connectivity index (χ4v) is 2.67. The molecule has 0 spiro atoms. The standard InChI is InChI=1S/C16H23ClN4/c1-3-7-18-11-14(10-16-19-12-20-21(16)2)8-13-5-4-6-15(17)9-13/h4-6,9,12,14,18H,3,7-8,10-11H2,1-2H3. The van der Waals surface area contributed by atoms with Crippen LogP contribution in [0.3, 0.4) is 0 Å². The van der Waals surface area contributed by atoms with Crippen molar-refractivity contribution in [2.45, 2.75) is 26.2 Å². The molecular formula is C16H23ClN4. The summed E-state index contributed by atoms with van der Waals surface area (Å²) < 4.78 is 1.85. The number of hydrogen-bond acceptors (Lipinski definition) is 3. The van der Waals surface area contributed by atoms with Gasteiger partial charge in [0.1, 0.15) is 12.2 Å². The number of rotatable bonds is 8. The molecule has 0 amide bonds. The lowest BCUT2D eigenvalue weighted by atomic mass is 9.95. The van der Waals surface area contributed by atoms with Gasteiger partial charge in [0.15, 0.2) is 0 Å². The lowest BCUT2D eigenvalue weighted by molar-refractivity contribution is 0.453. The molecule has 114 valence electrons. The summed E-state index contributed by atoms with van der Waals surface area (Å²) in [6.07, 6.45) is 4.67. The van der Waals surface area contributed by atoms with E-state index < -0.39 is 0 Å². The molecule has 1 N–H and O–H groups in total. The Morgan fingerprint density at radius 1 is 1.33 bits per heavy atom. The fourth-order valence-electron chi connectivity index (χ4n) is 2.46. The van der Waals surface area contributed by atoms with Gasteiger partial charge in [0.25, 0.3) is 0 Å². The Bertz CT molecular complexity index is 553. The summed E-state index contributed by atoms with van der Waals surface area (Å²) >= 11 is 6.08. The minimum Gasteiger partial charge on any atom is -0.316 e. The van der Waals surface area contributed by atoms with Crippen LogP contribution in [0.2, 0.25) is 5.02 Å². The van der Waals surface area contributed by atoms with Crippen molar-refractivity contribution < 1.29 is 0 Å². The number of hydrogen-bond donors (Lipinski definition) is 1. The molecule has 0 aliphatic carbocycles. The SMILES string of the molecule is CCCNCC(Cc1cccc(Cl)c1)Cc1ncnn1C. The van der Waals surface area contributed by atoms with Gasteiger partial charge >= 0.3 is 0 Å². The van der Waals surface area contributed by atoms with Gasteiger partial charge in [0, 0.05) is 18.5 Å². The molecule has 0 aliphatic rings. The Morgan fingerprint density at radius 3 is 2.86 bits per heavy atom. The molecule has 21 heavy (non-hydrogen) atoms. The van der Waals surface area contributed by atoms with Crippen LogP contribution in [0.25, 0.3) is 0 Å². The van der Waals surface area contributed by atoms with E-state index in [4.69, 9.17) is 11.6 Å². The van der Waals surface area contributed by atoms with Crippen LogP contribution in [-0.4, -0.2) is 27.9 Å². The Balaban J connectivity index is 2.02. The second-order valence-corrected chi connectivity index (χ2v) is 5.84. The van der Waals surface area contributed by atoms with Gasteiger partial charge in [-0.25, -0.2) is 4.98 Å². The van der Waals surface area contributed by atoms with E-state index in [-0.39, 0.29) is 0 Å². The highest BCUT2D eigenvalue weighted by Gasteiger charge is 2.14. The van der Waals surface area contributed by atoms with Crippen molar-refractivity contribution in [3.05, 3.63) is 47.0 Å². The van der Waals surface area contributed by atoms with Crippen LogP contribution in [0.15, 0.2) is 30.6 Å². The van der Waals surface area contributed by atoms with Crippen LogP contribution in [-0.2, 0) is 19.9 Å². The minimum atomic E-state index is 0.484. The molecule has 1 unspecified atom stereocenters. The van der Waals surface area contributed by atoms with Crippen molar-refractivity contribution in [2.24, 2.45) is 13.0 Å². The van der Waals surface area contributed by atoms with E-state index in [1.165, 1.54) is 5.56 Å². The number of aryl methyl sites for hydroxylation is 1. The smallest absolute Gasteiger partial charge is 0.138 e. The summed E-state index contributed by atoms with van der Waals surface area (Å²) in [6, 6.07) is 8.11. The van der Waals surface area contributed by atoms with Crippen molar-refractivity contribution >= 4 is 11.6 Å². The molecule has 0 fully saturated rings. The summed E-state index contributed by atoms with van der Waals surface area (Å²) in [7, 11) is 1.94. The van der Waals surface area contributed by atoms with Crippen LogP contribution >= 0.6 is 11.6 Å². The zero-order valence-corrected chi connectivity index (χ0v) is 13.5. The lowest BCUT2D eigenvalue weighted by Gasteiger charge is -2.17. The van der Waals surface area contributed by atoms with Gasteiger partial charge in [-0.2, -0.15) is 5.10 Å². The van der Waals surface area contributed by atoms with Crippen molar-refractivity contribution in [3.8, 4) is 0 Å². The van der Waals surface area contributed by atoms with Crippen LogP contribution in [0.1, 0.15) is 24.7 Å². The summed E-state index contributed by atoms with van der Waals surface area (Å²) in [5.74, 6) is 1.51. The maximum Gasteiger partial charge on any atom is 0.138 e. The van der Waals surface area contributed by atoms with Gasteiger partial charge < -0.3 is 5.32 Å². The maximum atomic E-state index is 6.08. The third kappa shape index (κ3) is 5.14. The quantitative estimate of drug-likeness (QED) is 0.763. The summed E-state index contributed by atoms with van der Waals surface area (Å²) in [5.41, 5.74) is 1.27. The zero-order chi connectivity index (χ0) is 15.1. The average Bonchev–Trinajstić information content (AvgIpc) is 2.84. The molecule has 0 aliphatic heterocycles. The molecule has 1 aromatic carbocycles. The van der Waals surface area contributed by atoms with E-state index in [9.17, 15) is 0 Å². The van der Waals surface area contributed by atoms with Crippen molar-refractivity contribution in [1.82, 2.24) is 20.1 Å². The zero-order valence-electron chi connectivity index (χ0n) is 12.7. The van der Waals surface area contributed by atoms with Gasteiger partial charge in [-0.1, -0.05) is 30.7 Å². The van der Waals surface area contributed by atoms with E-state index in [0.29, 0.717) is 5.92 Å². The second kappa shape index (κ2) is 8.15. The van der Waals surface area contributed by atoms with Crippen LogP contribution in [0.5, 0.6) is 0 Å². The first-order chi connectivity index (χ1) is 10.2. The van der Waals surface area contributed by atoms with Crippen molar-refractivity contribution in [3.63, 3.8) is 0 Å². The van der Waals surface area contributed by atoms with Crippen molar-refractivity contribution in [1.29, 1.82) is 0 Å². The van der Waals surface area contributed by atoms with Gasteiger partial charge in [-0.15, -0.1) is 0 Å². The van der Waals surface area contributed by atoms with E-state index in [1.54, 1.807) is 6.33 Å². The molecule has 1 heterocycles. The fraction of sp³-hybridized carbons (Fsp3) is 0.500. The van der Waals surface area contributed by atoms with E-state index >= 15 is 0 Å². The third-order valence-electron chi connectivity index (χ3n) is 3.55. The van der Waals surface area contributed by atoms with E-state index in [1.807, 2.05) is 29.9 Å². The molecule has 5 heteroatoms. The molecule has 2 aromatic rings. The second-order valence-electron chi connectivity index (χ2n) is 5.41. The summed E-state index contributed by atoms with van der Waals surface area (Å²) in [5, 5.41) is 8.46. The van der Waals surface area contributed by atoms with Crippen LogP contribution < -0.4 is 5.32 Å². The van der Waals surface area contributed by atoms with E-state index in [0.717, 1.165) is 43.2 Å². The highest BCUT2D eigenvalue weighted by atomic mass is 35.5. The maximum absolute atomic E-state index is 6.08. The molecule has 0 radical (unpaired) electrons. The predicted octanol–water partition coefficient (Wildman–Crippen LogP) is 2.87. The van der Waals surface area contributed by atoms with Gasteiger partial charge in [0.05, 0.1) is 0 Å². The number of nitrogens with one attached hydrogen (secondary N) is 1. The monoisotopic (exact) mass is 306 g/mol. The lowest BCUT2D eigenvalue weighted by Crippen LogP contribution is -2.27. The molecule has 4 nitrogen and oxygen atoms in total. The largest absolute Gasteiger partial charge is 0.316 e. The van der Waals surface area contributed by atoms with Gasteiger partial charge in [-0.3, -0.25) is 4.68 Å². The number of nitrogens with zero attached hydrogens (tertiary/aromatic N) is 3. The molecule has 2 rings (SSSR count). The van der Waals surface area contributed by atoms with Gasteiger partial charge in [0.2, 0.25) is 0 Å². The topological polar surface area (TPSA) is 42.7 Å². The highest BCUT2D eigenvalue weighted by Crippen LogP contribution is 2.16. The first-order valence-corrected chi connectivity index (χ1v) is 7.85. The molecule has 1 atom stereocenters. The summed E-state index contributed by atoms with van der Waals surface area (Å²) in [6.45, 7) is 4.21. The average molecular weight is 307 g/mol. The van der Waals surface area contributed by atoms with Crippen LogP contribution in [0, 0.1) is 5.92 Å². The minimum absolute atomic E-state index is 0.484. The predicted molar refractivity (Wildman–Crippen MR) is 86.5 cm³/mol. The van der Waals surface area contributed by atoms with Gasteiger partial charge in [-0.05, 0) is 49.5 Å². The molecule has 1 aromatic heterocycles. The Hall–Kier alpha value is -1.39. The number of halogens is 1. The summed E-state index contributed by atoms with van der Waals surface area (Å²) in [4.78, 5) is 4.34. The first-order valence-electron chi connectivity index (χ1n) is 7.47. The normalized spacial score (nSPS) is 12.5. The number of aromatic nitrogens is 3. The molecule has 0 saturated heterocycles. The molecular weight excluding hydrogens is 284 g/mol. The molecule has 0 bridgehead atoms. The molecule has 0 saturated carbocycles. The van der Waals surface area contributed by atoms with E-state index in [2.05, 4.69) is 28.4 Å². The third-order valence-corrected chi connectivity index (χ3v) is 3.78. The Morgan fingerprint density at radius 2 is 2.19 bits per heavy atom. The van der Waals surface area contributed by atoms with Crippen LogP contribution in [0.4, 0.5) is 0 Å². The number of benzene rings is 1. The highest BCUT2D eigenvalue weighted by molar-refractivity contribution is 6.30. The van der Waals surface area contributed by atoms with Crippen molar-refractivity contribution in [2.75, 3.05) is 13.1 Å². The first kappa shape index (κ1) is 16.0. The Kier molecular flexibility index (Phi) is 6.21.